The summed E-state index contributed by atoms with van der Waals surface area (Å²) in [5.74, 6) is 0.0142. The van der Waals surface area contributed by atoms with Crippen molar-refractivity contribution < 1.29 is 14.3 Å². The zero-order chi connectivity index (χ0) is 11.5. The third kappa shape index (κ3) is 2.11. The Hall–Kier alpha value is -1.30. The predicted molar refractivity (Wildman–Crippen MR) is 57.0 cm³/mol. The minimum absolute atomic E-state index is 0.0142. The van der Waals surface area contributed by atoms with Gasteiger partial charge in [-0.15, -0.1) is 0 Å². The first kappa shape index (κ1) is 11.2. The first-order valence-corrected chi connectivity index (χ1v) is 5.61. The molecule has 90 valence electrons. The van der Waals surface area contributed by atoms with Crippen molar-refractivity contribution >= 4 is 11.9 Å². The fraction of sp³-hybridized carbons (Fsp3) is 0.800. The fourth-order valence-electron chi connectivity index (χ4n) is 2.04. The first-order valence-electron chi connectivity index (χ1n) is 5.61. The van der Waals surface area contributed by atoms with Crippen LogP contribution in [0.25, 0.3) is 0 Å². The van der Waals surface area contributed by atoms with Crippen LogP contribution >= 0.6 is 0 Å². The van der Waals surface area contributed by atoms with Crippen LogP contribution in [0, 0.1) is 0 Å². The monoisotopic (exact) mass is 227 g/mol. The van der Waals surface area contributed by atoms with Gasteiger partial charge in [-0.05, 0) is 6.92 Å². The summed E-state index contributed by atoms with van der Waals surface area (Å²) in [6.45, 7) is 5.44. The van der Waals surface area contributed by atoms with Gasteiger partial charge in [-0.1, -0.05) is 0 Å². The summed E-state index contributed by atoms with van der Waals surface area (Å²) in [6.07, 6.45) is 0. The van der Waals surface area contributed by atoms with E-state index < -0.39 is 0 Å². The molecule has 0 spiro atoms. The third-order valence-corrected chi connectivity index (χ3v) is 3.04. The van der Waals surface area contributed by atoms with Crippen LogP contribution in [0.2, 0.25) is 0 Å². The van der Waals surface area contributed by atoms with E-state index in [0.29, 0.717) is 39.4 Å². The molecule has 6 heteroatoms. The van der Waals surface area contributed by atoms with Crippen molar-refractivity contribution in [1.82, 2.24) is 15.1 Å². The van der Waals surface area contributed by atoms with E-state index in [1.807, 2.05) is 0 Å². The predicted octanol–water partition coefficient (Wildman–Crippen LogP) is -0.741. The van der Waals surface area contributed by atoms with E-state index in [0.717, 1.165) is 0 Å². The second-order valence-electron chi connectivity index (χ2n) is 4.04. The Kier molecular flexibility index (Phi) is 3.28. The lowest BCUT2D eigenvalue weighted by molar-refractivity contribution is -0.139. The summed E-state index contributed by atoms with van der Waals surface area (Å²) in [7, 11) is 0. The van der Waals surface area contributed by atoms with Gasteiger partial charge in [-0.25, -0.2) is 4.79 Å². The molecular weight excluding hydrogens is 210 g/mol. The Labute approximate surface area is 94.5 Å². The molecule has 0 aliphatic carbocycles. The van der Waals surface area contributed by atoms with E-state index in [1.54, 1.807) is 16.7 Å². The number of hydrogen-bond acceptors (Lipinski definition) is 3. The zero-order valence-corrected chi connectivity index (χ0v) is 9.44. The molecule has 1 N–H and O–H groups in total. The highest BCUT2D eigenvalue weighted by molar-refractivity contribution is 5.87. The number of urea groups is 1. The van der Waals surface area contributed by atoms with E-state index in [9.17, 15) is 9.59 Å². The maximum absolute atomic E-state index is 12.1. The van der Waals surface area contributed by atoms with Crippen molar-refractivity contribution in [3.63, 3.8) is 0 Å². The molecule has 2 aliphatic heterocycles. The number of nitrogens with one attached hydrogen (secondary N) is 1. The summed E-state index contributed by atoms with van der Waals surface area (Å²) in [5, 5.41) is 2.70. The van der Waals surface area contributed by atoms with Gasteiger partial charge in [0.1, 0.15) is 6.04 Å². The Morgan fingerprint density at radius 3 is 2.62 bits per heavy atom. The van der Waals surface area contributed by atoms with Gasteiger partial charge >= 0.3 is 6.03 Å². The second kappa shape index (κ2) is 4.69. The van der Waals surface area contributed by atoms with Gasteiger partial charge in [-0.3, -0.25) is 4.79 Å². The summed E-state index contributed by atoms with van der Waals surface area (Å²) >= 11 is 0. The van der Waals surface area contributed by atoms with Crippen molar-refractivity contribution in [2.75, 3.05) is 39.4 Å². The van der Waals surface area contributed by atoms with Crippen LogP contribution in [0.4, 0.5) is 4.79 Å². The van der Waals surface area contributed by atoms with Crippen molar-refractivity contribution in [3.8, 4) is 0 Å². The number of hydrogen-bond donors (Lipinski definition) is 1. The van der Waals surface area contributed by atoms with Gasteiger partial charge in [0, 0.05) is 26.2 Å². The molecule has 2 heterocycles. The highest BCUT2D eigenvalue weighted by Crippen LogP contribution is 2.09. The molecular formula is C10H17N3O3. The molecule has 2 aliphatic rings. The Bertz CT molecular complexity index is 289. The lowest BCUT2D eigenvalue weighted by Crippen LogP contribution is -2.51. The molecule has 0 radical (unpaired) electrons. The smallest absolute Gasteiger partial charge is 0.318 e. The molecule has 2 rings (SSSR count). The highest BCUT2D eigenvalue weighted by Gasteiger charge is 2.32. The van der Waals surface area contributed by atoms with Gasteiger partial charge < -0.3 is 19.9 Å². The van der Waals surface area contributed by atoms with E-state index in [2.05, 4.69) is 5.32 Å². The lowest BCUT2D eigenvalue weighted by Gasteiger charge is -2.32. The van der Waals surface area contributed by atoms with Gasteiger partial charge in [0.25, 0.3) is 0 Å². The van der Waals surface area contributed by atoms with Crippen molar-refractivity contribution in [3.05, 3.63) is 0 Å². The quantitative estimate of drug-likeness (QED) is 0.676. The highest BCUT2D eigenvalue weighted by atomic mass is 16.5. The standard InChI is InChI=1S/C10H17N3O3/c1-8(13-3-2-11-10(13)15)9(14)12-4-6-16-7-5-12/h8H,2-7H2,1H3,(H,11,15)/t8-/m0/s1. The van der Waals surface area contributed by atoms with Crippen LogP contribution in [0.5, 0.6) is 0 Å². The minimum Gasteiger partial charge on any atom is -0.378 e. The summed E-state index contributed by atoms with van der Waals surface area (Å²) in [6, 6.07) is -0.519. The van der Waals surface area contributed by atoms with Crippen LogP contribution < -0.4 is 5.32 Å². The molecule has 0 aromatic heterocycles. The van der Waals surface area contributed by atoms with Crippen molar-refractivity contribution in [2.45, 2.75) is 13.0 Å². The normalized spacial score (nSPS) is 23.2. The van der Waals surface area contributed by atoms with Gasteiger partial charge in [0.05, 0.1) is 13.2 Å². The first-order chi connectivity index (χ1) is 7.70. The van der Waals surface area contributed by atoms with E-state index in [1.165, 1.54) is 0 Å². The number of amides is 3. The molecule has 16 heavy (non-hydrogen) atoms. The molecule has 2 saturated heterocycles. The van der Waals surface area contributed by atoms with Crippen LogP contribution in [0.15, 0.2) is 0 Å². The Balaban J connectivity index is 1.95. The number of rotatable bonds is 2. The Morgan fingerprint density at radius 2 is 2.06 bits per heavy atom. The Morgan fingerprint density at radius 1 is 1.38 bits per heavy atom. The number of ether oxygens (including phenoxy) is 1. The van der Waals surface area contributed by atoms with Crippen molar-refractivity contribution in [1.29, 1.82) is 0 Å². The van der Waals surface area contributed by atoms with Gasteiger partial charge in [0.15, 0.2) is 0 Å². The average Bonchev–Trinajstić information content (AvgIpc) is 2.75. The molecule has 2 fully saturated rings. The summed E-state index contributed by atoms with van der Waals surface area (Å²) in [4.78, 5) is 26.8. The van der Waals surface area contributed by atoms with Crippen LogP contribution in [0.3, 0.4) is 0 Å². The van der Waals surface area contributed by atoms with Gasteiger partial charge in [-0.2, -0.15) is 0 Å². The van der Waals surface area contributed by atoms with Gasteiger partial charge in [0.2, 0.25) is 5.91 Å². The third-order valence-electron chi connectivity index (χ3n) is 3.04. The number of carbonyl (C=O) groups is 2. The molecule has 0 bridgehead atoms. The fourth-order valence-corrected chi connectivity index (χ4v) is 2.04. The number of morpholine rings is 1. The largest absolute Gasteiger partial charge is 0.378 e. The molecule has 0 aromatic rings. The zero-order valence-electron chi connectivity index (χ0n) is 9.44. The topological polar surface area (TPSA) is 61.9 Å². The molecule has 0 unspecified atom stereocenters. The molecule has 1 atom stereocenters. The second-order valence-corrected chi connectivity index (χ2v) is 4.04. The minimum atomic E-state index is -0.374. The molecule has 3 amide bonds. The maximum atomic E-state index is 12.1. The van der Waals surface area contributed by atoms with Crippen LogP contribution in [-0.4, -0.2) is 67.2 Å². The van der Waals surface area contributed by atoms with Crippen LogP contribution in [0.1, 0.15) is 6.92 Å². The summed E-state index contributed by atoms with van der Waals surface area (Å²) in [5.41, 5.74) is 0. The molecule has 6 nitrogen and oxygen atoms in total. The lowest BCUT2D eigenvalue weighted by atomic mass is 10.2. The molecule has 0 aromatic carbocycles. The molecule has 0 saturated carbocycles. The van der Waals surface area contributed by atoms with Crippen molar-refractivity contribution in [2.24, 2.45) is 0 Å². The summed E-state index contributed by atoms with van der Waals surface area (Å²) < 4.78 is 5.19. The number of nitrogens with zero attached hydrogens (tertiary/aromatic N) is 2. The van der Waals surface area contributed by atoms with E-state index in [4.69, 9.17) is 4.74 Å². The van der Waals surface area contributed by atoms with E-state index in [-0.39, 0.29) is 18.0 Å². The van der Waals surface area contributed by atoms with E-state index >= 15 is 0 Å². The number of carbonyl (C=O) groups excluding carboxylic acids is 2. The average molecular weight is 227 g/mol. The SMILES string of the molecule is C[C@@H](C(=O)N1CCOCC1)N1CCNC1=O. The van der Waals surface area contributed by atoms with Crippen LogP contribution in [-0.2, 0) is 9.53 Å². The maximum Gasteiger partial charge on any atom is 0.318 e.